The second-order valence-electron chi connectivity index (χ2n) is 8.68. The minimum absolute atomic E-state index is 0.0553. The first-order valence-corrected chi connectivity index (χ1v) is 13.8. The monoisotopic (exact) mass is 488 g/mol. The van der Waals surface area contributed by atoms with Gasteiger partial charge in [0.1, 0.15) is 11.5 Å². The zero-order chi connectivity index (χ0) is 24.6. The van der Waals surface area contributed by atoms with Crippen molar-refractivity contribution in [2.75, 3.05) is 37.2 Å². The molecule has 34 heavy (non-hydrogen) atoms. The summed E-state index contributed by atoms with van der Waals surface area (Å²) in [7, 11) is -3.30. The minimum Gasteiger partial charge on any atom is -0.457 e. The maximum absolute atomic E-state index is 12.4. The van der Waals surface area contributed by atoms with Crippen LogP contribution in [0.25, 0.3) is 0 Å². The van der Waals surface area contributed by atoms with E-state index in [-0.39, 0.29) is 6.03 Å². The summed E-state index contributed by atoms with van der Waals surface area (Å²) in [6, 6.07) is 15.2. The Balaban J connectivity index is 1.49. The van der Waals surface area contributed by atoms with Crippen LogP contribution < -0.4 is 14.8 Å². The van der Waals surface area contributed by atoms with Crippen molar-refractivity contribution in [2.24, 2.45) is 0 Å². The van der Waals surface area contributed by atoms with Gasteiger partial charge in [0.2, 0.25) is 10.0 Å². The molecule has 0 bridgehead atoms. The summed E-state index contributed by atoms with van der Waals surface area (Å²) >= 11 is 0. The topological polar surface area (TPSA) is 91.0 Å². The number of hydrogen-bond donors (Lipinski definition) is 2. The Kier molecular flexibility index (Phi) is 9.18. The normalized spacial score (nSPS) is 15.0. The Bertz CT molecular complexity index is 1020. The molecule has 0 radical (unpaired) electrons. The van der Waals surface area contributed by atoms with E-state index in [1.54, 1.807) is 24.3 Å². The maximum atomic E-state index is 12.4. The summed E-state index contributed by atoms with van der Waals surface area (Å²) in [5.41, 5.74) is 1.71. The first-order chi connectivity index (χ1) is 16.3. The van der Waals surface area contributed by atoms with Crippen LogP contribution in [0.4, 0.5) is 10.5 Å². The summed E-state index contributed by atoms with van der Waals surface area (Å²) in [6.45, 7) is 8.33. The average molecular weight is 489 g/mol. The van der Waals surface area contributed by atoms with Crippen LogP contribution in [0, 0.1) is 0 Å². The quantitative estimate of drug-likeness (QED) is 0.522. The van der Waals surface area contributed by atoms with Crippen molar-refractivity contribution < 1.29 is 17.9 Å². The number of ether oxygens (including phenoxy) is 1. The van der Waals surface area contributed by atoms with Gasteiger partial charge in [0.05, 0.1) is 6.26 Å². The van der Waals surface area contributed by atoms with Gasteiger partial charge in [-0.05, 0) is 68.1 Å². The lowest BCUT2D eigenvalue weighted by atomic mass is 10.0. The third-order valence-corrected chi connectivity index (χ3v) is 6.38. The highest BCUT2D eigenvalue weighted by molar-refractivity contribution is 7.92. The summed E-state index contributed by atoms with van der Waals surface area (Å²) in [5.74, 6) is 1.36. The van der Waals surface area contributed by atoms with E-state index in [0.717, 1.165) is 57.4 Å². The molecule has 0 unspecified atom stereocenters. The molecule has 2 aromatic carbocycles. The molecule has 0 aromatic heterocycles. The van der Waals surface area contributed by atoms with Crippen molar-refractivity contribution in [1.29, 1.82) is 0 Å². The summed E-state index contributed by atoms with van der Waals surface area (Å²) in [4.78, 5) is 16.8. The number of amides is 2. The molecule has 0 saturated carbocycles. The predicted molar refractivity (Wildman–Crippen MR) is 136 cm³/mol. The molecule has 2 amide bonds. The van der Waals surface area contributed by atoms with E-state index in [1.165, 1.54) is 5.56 Å². The number of carbonyl (C=O) groups excluding carboxylic acids is 1. The molecule has 3 rings (SSSR count). The first kappa shape index (κ1) is 25.8. The second kappa shape index (κ2) is 12.1. The Labute approximate surface area is 203 Å². The van der Waals surface area contributed by atoms with Gasteiger partial charge in [0.15, 0.2) is 0 Å². The Hall–Kier alpha value is -2.78. The summed E-state index contributed by atoms with van der Waals surface area (Å²) in [6.07, 6.45) is 4.06. The zero-order valence-electron chi connectivity index (χ0n) is 20.3. The first-order valence-electron chi connectivity index (χ1n) is 11.9. The second-order valence-corrected chi connectivity index (χ2v) is 10.4. The van der Waals surface area contributed by atoms with Gasteiger partial charge in [-0.1, -0.05) is 19.1 Å². The smallest absolute Gasteiger partial charge is 0.317 e. The number of anilines is 1. The fraction of sp³-hybridized carbons (Fsp3) is 0.480. The molecule has 1 heterocycles. The summed E-state index contributed by atoms with van der Waals surface area (Å²) < 4.78 is 30.9. The van der Waals surface area contributed by atoms with E-state index in [1.807, 2.05) is 24.0 Å². The lowest BCUT2D eigenvalue weighted by molar-refractivity contribution is 0.117. The molecule has 0 aliphatic carbocycles. The van der Waals surface area contributed by atoms with Crippen LogP contribution in [-0.2, 0) is 16.6 Å². The molecule has 9 heteroatoms. The maximum Gasteiger partial charge on any atom is 0.317 e. The standard InChI is InChI=1S/C25H36N4O4S/c1-4-16-29(25(30)26-5-2)22-14-17-28(18-15-22)19-20-6-10-23(11-7-20)33-24-12-8-21(9-13-24)27-34(3,31)32/h6-13,22,27H,4-5,14-19H2,1-3H3,(H,26,30). The lowest BCUT2D eigenvalue weighted by Crippen LogP contribution is -2.50. The number of carbonyl (C=O) groups is 1. The Morgan fingerprint density at radius 3 is 2.15 bits per heavy atom. The van der Waals surface area contributed by atoms with Crippen LogP contribution in [-0.4, -0.2) is 62.7 Å². The van der Waals surface area contributed by atoms with Gasteiger partial charge in [-0.3, -0.25) is 9.62 Å². The van der Waals surface area contributed by atoms with E-state index in [0.29, 0.717) is 24.0 Å². The number of hydrogen-bond acceptors (Lipinski definition) is 5. The largest absolute Gasteiger partial charge is 0.457 e. The van der Waals surface area contributed by atoms with Gasteiger partial charge >= 0.3 is 6.03 Å². The number of benzene rings is 2. The SMILES string of the molecule is CCCN(C(=O)NCC)C1CCN(Cc2ccc(Oc3ccc(NS(C)(=O)=O)cc3)cc2)CC1. The molecule has 2 aromatic rings. The molecule has 8 nitrogen and oxygen atoms in total. The molecule has 2 N–H and O–H groups in total. The van der Waals surface area contributed by atoms with Crippen molar-refractivity contribution in [2.45, 2.75) is 45.7 Å². The van der Waals surface area contributed by atoms with Gasteiger partial charge in [0, 0.05) is 44.5 Å². The number of rotatable bonds is 10. The van der Waals surface area contributed by atoms with Crippen molar-refractivity contribution >= 4 is 21.7 Å². The van der Waals surface area contributed by atoms with E-state index in [4.69, 9.17) is 4.74 Å². The van der Waals surface area contributed by atoms with Crippen LogP contribution in [0.3, 0.4) is 0 Å². The summed E-state index contributed by atoms with van der Waals surface area (Å²) in [5, 5.41) is 2.95. The Morgan fingerprint density at radius 2 is 1.62 bits per heavy atom. The average Bonchev–Trinajstić information content (AvgIpc) is 2.80. The molecule has 1 fully saturated rings. The molecular formula is C25H36N4O4S. The number of likely N-dealkylation sites (tertiary alicyclic amines) is 1. The van der Waals surface area contributed by atoms with E-state index >= 15 is 0 Å². The van der Waals surface area contributed by atoms with Crippen molar-refractivity contribution in [1.82, 2.24) is 15.1 Å². The van der Waals surface area contributed by atoms with Crippen molar-refractivity contribution in [3.05, 3.63) is 54.1 Å². The molecule has 0 spiro atoms. The highest BCUT2D eigenvalue weighted by Crippen LogP contribution is 2.25. The van der Waals surface area contributed by atoms with Gasteiger partial charge in [-0.25, -0.2) is 13.2 Å². The third-order valence-electron chi connectivity index (χ3n) is 5.77. The van der Waals surface area contributed by atoms with Gasteiger partial charge in [0.25, 0.3) is 0 Å². The van der Waals surface area contributed by atoms with Crippen molar-refractivity contribution in [3.8, 4) is 11.5 Å². The Morgan fingerprint density at radius 1 is 1.03 bits per heavy atom. The highest BCUT2D eigenvalue weighted by Gasteiger charge is 2.27. The molecule has 1 aliphatic heterocycles. The van der Waals surface area contributed by atoms with E-state index in [2.05, 4.69) is 34.0 Å². The molecule has 0 atom stereocenters. The minimum atomic E-state index is -3.30. The fourth-order valence-electron chi connectivity index (χ4n) is 4.20. The van der Waals surface area contributed by atoms with E-state index < -0.39 is 10.0 Å². The highest BCUT2D eigenvalue weighted by atomic mass is 32.2. The van der Waals surface area contributed by atoms with Crippen LogP contribution in [0.15, 0.2) is 48.5 Å². The molecule has 1 saturated heterocycles. The number of sulfonamides is 1. The number of nitrogens with one attached hydrogen (secondary N) is 2. The number of piperidine rings is 1. The zero-order valence-corrected chi connectivity index (χ0v) is 21.1. The van der Waals surface area contributed by atoms with Gasteiger partial charge in [-0.15, -0.1) is 0 Å². The van der Waals surface area contributed by atoms with Gasteiger partial charge < -0.3 is 15.0 Å². The number of nitrogens with zero attached hydrogens (tertiary/aromatic N) is 2. The predicted octanol–water partition coefficient (Wildman–Crippen LogP) is 4.26. The number of urea groups is 1. The third kappa shape index (κ3) is 7.92. The lowest BCUT2D eigenvalue weighted by Gasteiger charge is -2.38. The fourth-order valence-corrected chi connectivity index (χ4v) is 4.76. The molecular weight excluding hydrogens is 452 g/mol. The van der Waals surface area contributed by atoms with Crippen LogP contribution in [0.5, 0.6) is 11.5 Å². The van der Waals surface area contributed by atoms with Gasteiger partial charge in [-0.2, -0.15) is 0 Å². The van der Waals surface area contributed by atoms with Crippen LogP contribution in [0.1, 0.15) is 38.7 Å². The van der Waals surface area contributed by atoms with E-state index in [9.17, 15) is 13.2 Å². The molecule has 186 valence electrons. The van der Waals surface area contributed by atoms with Crippen molar-refractivity contribution in [3.63, 3.8) is 0 Å². The van der Waals surface area contributed by atoms with Crippen LogP contribution >= 0.6 is 0 Å². The van der Waals surface area contributed by atoms with Crippen LogP contribution in [0.2, 0.25) is 0 Å². The molecule has 1 aliphatic rings.